The van der Waals surface area contributed by atoms with E-state index in [9.17, 15) is 22.3 Å². The molecule has 0 radical (unpaired) electrons. The largest absolute Gasteiger partial charge is 0.493 e. The molecule has 0 spiro atoms. The Labute approximate surface area is 137 Å². The number of nitrogens with one attached hydrogen (secondary N) is 1. The van der Waals surface area contributed by atoms with Gasteiger partial charge in [-0.2, -0.15) is 0 Å². The van der Waals surface area contributed by atoms with Gasteiger partial charge in [0.2, 0.25) is 10.0 Å². The third kappa shape index (κ3) is 3.26. The van der Waals surface area contributed by atoms with E-state index in [1.807, 2.05) is 0 Å². The van der Waals surface area contributed by atoms with Crippen molar-refractivity contribution in [3.8, 4) is 5.75 Å². The van der Waals surface area contributed by atoms with Crippen LogP contribution in [0.3, 0.4) is 0 Å². The van der Waals surface area contributed by atoms with Crippen molar-refractivity contribution in [2.24, 2.45) is 0 Å². The minimum absolute atomic E-state index is 0.185. The number of rotatable bonds is 4. The summed E-state index contributed by atoms with van der Waals surface area (Å²) in [5, 5.41) is 10.8. The van der Waals surface area contributed by atoms with Crippen molar-refractivity contribution in [2.45, 2.75) is 16.9 Å². The van der Waals surface area contributed by atoms with Crippen LogP contribution >= 0.6 is 0 Å². The minimum atomic E-state index is -4.18. The SMILES string of the molecule is O=S(=O)(NCC1(O)CCOc2ccccc21)c1cc(F)cc(F)c1. The van der Waals surface area contributed by atoms with Crippen LogP contribution in [0.25, 0.3) is 0 Å². The van der Waals surface area contributed by atoms with Crippen LogP contribution in [0.1, 0.15) is 12.0 Å². The molecule has 1 aliphatic heterocycles. The first-order valence-corrected chi connectivity index (χ1v) is 8.69. The number of ether oxygens (including phenoxy) is 1. The topological polar surface area (TPSA) is 75.6 Å². The van der Waals surface area contributed by atoms with Gasteiger partial charge in [-0.25, -0.2) is 21.9 Å². The van der Waals surface area contributed by atoms with Gasteiger partial charge in [0.15, 0.2) is 0 Å². The fraction of sp³-hybridized carbons (Fsp3) is 0.250. The summed E-state index contributed by atoms with van der Waals surface area (Å²) in [5.41, 5.74) is -1.00. The van der Waals surface area contributed by atoms with Crippen LogP contribution in [0.5, 0.6) is 5.75 Å². The van der Waals surface area contributed by atoms with Gasteiger partial charge in [-0.05, 0) is 18.2 Å². The maximum absolute atomic E-state index is 13.2. The maximum Gasteiger partial charge on any atom is 0.240 e. The van der Waals surface area contributed by atoms with Gasteiger partial charge in [0.1, 0.15) is 23.0 Å². The first-order chi connectivity index (χ1) is 11.3. The molecule has 1 unspecified atom stereocenters. The van der Waals surface area contributed by atoms with Crippen molar-refractivity contribution in [3.63, 3.8) is 0 Å². The molecule has 2 N–H and O–H groups in total. The lowest BCUT2D eigenvalue weighted by Gasteiger charge is -2.34. The Balaban J connectivity index is 1.85. The molecule has 1 aliphatic rings. The quantitative estimate of drug-likeness (QED) is 0.879. The van der Waals surface area contributed by atoms with Gasteiger partial charge in [-0.3, -0.25) is 0 Å². The van der Waals surface area contributed by atoms with E-state index in [1.54, 1.807) is 24.3 Å². The maximum atomic E-state index is 13.2. The second kappa shape index (κ2) is 6.12. The summed E-state index contributed by atoms with van der Waals surface area (Å²) < 4.78 is 58.6. The van der Waals surface area contributed by atoms with Crippen molar-refractivity contribution in [3.05, 3.63) is 59.7 Å². The predicted octanol–water partition coefficient (Wildman–Crippen LogP) is 1.91. The Bertz CT molecular complexity index is 852. The lowest BCUT2D eigenvalue weighted by atomic mass is 9.88. The van der Waals surface area contributed by atoms with E-state index < -0.39 is 32.2 Å². The number of halogens is 2. The first-order valence-electron chi connectivity index (χ1n) is 7.21. The molecule has 24 heavy (non-hydrogen) atoms. The zero-order valence-corrected chi connectivity index (χ0v) is 13.3. The van der Waals surface area contributed by atoms with Crippen molar-refractivity contribution < 1.29 is 27.0 Å². The number of benzene rings is 2. The van der Waals surface area contributed by atoms with Crippen LogP contribution in [0.2, 0.25) is 0 Å². The van der Waals surface area contributed by atoms with E-state index in [1.165, 1.54) is 0 Å². The van der Waals surface area contributed by atoms with E-state index in [4.69, 9.17) is 4.74 Å². The number of para-hydroxylation sites is 1. The summed E-state index contributed by atoms with van der Waals surface area (Å²) in [4.78, 5) is -0.538. The molecule has 0 bridgehead atoms. The Kier molecular flexibility index (Phi) is 4.29. The molecule has 1 atom stereocenters. The highest BCUT2D eigenvalue weighted by Crippen LogP contribution is 2.36. The fourth-order valence-electron chi connectivity index (χ4n) is 2.61. The van der Waals surface area contributed by atoms with Crippen LogP contribution < -0.4 is 9.46 Å². The monoisotopic (exact) mass is 355 g/mol. The highest BCUT2D eigenvalue weighted by molar-refractivity contribution is 7.89. The van der Waals surface area contributed by atoms with Crippen LogP contribution in [-0.2, 0) is 15.6 Å². The highest BCUT2D eigenvalue weighted by atomic mass is 32.2. The van der Waals surface area contributed by atoms with Crippen LogP contribution in [0, 0.1) is 11.6 Å². The third-order valence-corrected chi connectivity index (χ3v) is 5.24. The van der Waals surface area contributed by atoms with E-state index in [0.29, 0.717) is 29.5 Å². The molecular formula is C16H15F2NO4S. The Hall–Kier alpha value is -2.03. The van der Waals surface area contributed by atoms with Crippen LogP contribution in [0.4, 0.5) is 8.78 Å². The zero-order chi connectivity index (χ0) is 17.4. The van der Waals surface area contributed by atoms with Crippen LogP contribution in [0.15, 0.2) is 47.4 Å². The summed E-state index contributed by atoms with van der Waals surface area (Å²) >= 11 is 0. The molecule has 128 valence electrons. The van der Waals surface area contributed by atoms with E-state index in [0.717, 1.165) is 0 Å². The minimum Gasteiger partial charge on any atom is -0.493 e. The van der Waals surface area contributed by atoms with Gasteiger partial charge in [-0.1, -0.05) is 18.2 Å². The van der Waals surface area contributed by atoms with Gasteiger partial charge in [-0.15, -0.1) is 0 Å². The summed E-state index contributed by atoms with van der Waals surface area (Å²) in [6.07, 6.45) is 0.185. The summed E-state index contributed by atoms with van der Waals surface area (Å²) in [5.74, 6) is -1.52. The van der Waals surface area contributed by atoms with E-state index in [2.05, 4.69) is 4.72 Å². The van der Waals surface area contributed by atoms with Gasteiger partial charge in [0.25, 0.3) is 0 Å². The molecule has 0 saturated carbocycles. The Morgan fingerprint density at radius 1 is 1.17 bits per heavy atom. The van der Waals surface area contributed by atoms with Crippen LogP contribution in [-0.4, -0.2) is 26.7 Å². The average molecular weight is 355 g/mol. The molecule has 2 aromatic rings. The standard InChI is InChI=1S/C16H15F2NO4S/c17-11-7-12(18)9-13(8-11)24(21,22)19-10-16(20)5-6-23-15-4-2-1-3-14(15)16/h1-4,7-9,19-20H,5-6,10H2. The van der Waals surface area contributed by atoms with Gasteiger partial charge >= 0.3 is 0 Å². The second-order valence-electron chi connectivity index (χ2n) is 5.56. The molecule has 0 aromatic heterocycles. The number of hydrogen-bond acceptors (Lipinski definition) is 4. The van der Waals surface area contributed by atoms with Crippen molar-refractivity contribution >= 4 is 10.0 Å². The molecule has 5 nitrogen and oxygen atoms in total. The fourth-order valence-corrected chi connectivity index (χ4v) is 3.74. The number of sulfonamides is 1. The number of fused-ring (bicyclic) bond motifs is 1. The molecule has 1 heterocycles. The van der Waals surface area contributed by atoms with Crippen molar-refractivity contribution in [1.82, 2.24) is 4.72 Å². The number of hydrogen-bond donors (Lipinski definition) is 2. The third-order valence-electron chi connectivity index (χ3n) is 3.86. The van der Waals surface area contributed by atoms with Gasteiger partial charge in [0.05, 0.1) is 11.5 Å². The van der Waals surface area contributed by atoms with Gasteiger partial charge < -0.3 is 9.84 Å². The van der Waals surface area contributed by atoms with E-state index in [-0.39, 0.29) is 19.6 Å². The summed E-state index contributed by atoms with van der Waals surface area (Å²) in [6.45, 7) is -0.113. The van der Waals surface area contributed by atoms with Gasteiger partial charge in [0, 0.05) is 24.6 Å². The normalized spacial score (nSPS) is 20.3. The molecule has 0 saturated heterocycles. The lowest BCUT2D eigenvalue weighted by molar-refractivity contribution is 0.00219. The molecule has 2 aromatic carbocycles. The molecule has 8 heteroatoms. The highest BCUT2D eigenvalue weighted by Gasteiger charge is 2.36. The lowest BCUT2D eigenvalue weighted by Crippen LogP contribution is -2.43. The van der Waals surface area contributed by atoms with Crippen molar-refractivity contribution in [1.29, 1.82) is 0 Å². The second-order valence-corrected chi connectivity index (χ2v) is 7.32. The average Bonchev–Trinajstić information content (AvgIpc) is 2.53. The first kappa shape index (κ1) is 16.8. The molecule has 0 aliphatic carbocycles. The summed E-state index contributed by atoms with van der Waals surface area (Å²) in [6, 6.07) is 8.78. The van der Waals surface area contributed by atoms with Crippen molar-refractivity contribution in [2.75, 3.05) is 13.2 Å². The Morgan fingerprint density at radius 3 is 2.54 bits per heavy atom. The Morgan fingerprint density at radius 2 is 1.83 bits per heavy atom. The van der Waals surface area contributed by atoms with E-state index >= 15 is 0 Å². The molecule has 0 fully saturated rings. The smallest absolute Gasteiger partial charge is 0.240 e. The molecule has 3 rings (SSSR count). The zero-order valence-electron chi connectivity index (χ0n) is 12.5. The summed E-state index contributed by atoms with van der Waals surface area (Å²) in [7, 11) is -4.18. The number of aliphatic hydroxyl groups is 1. The predicted molar refractivity (Wildman–Crippen MR) is 82.0 cm³/mol. The molecular weight excluding hydrogens is 340 g/mol. The molecule has 0 amide bonds.